The SMILES string of the molecule is Cc1cc(-c2[nH]c3cc(-c4cnn(C5CCN(CC(N)=O)CC5)c4)sc3c2C(C)C)cn2ncnc12. The van der Waals surface area contributed by atoms with Crippen molar-refractivity contribution >= 4 is 33.1 Å². The van der Waals surface area contributed by atoms with Gasteiger partial charge in [0.15, 0.2) is 5.65 Å². The minimum atomic E-state index is -0.263. The van der Waals surface area contributed by atoms with Crippen molar-refractivity contribution in [3.8, 4) is 21.7 Å². The van der Waals surface area contributed by atoms with Crippen LogP contribution in [0.4, 0.5) is 0 Å². The number of hydrogen-bond acceptors (Lipinski definition) is 6. The molecular weight excluding hydrogens is 472 g/mol. The van der Waals surface area contributed by atoms with Crippen molar-refractivity contribution in [3.05, 3.63) is 48.2 Å². The van der Waals surface area contributed by atoms with Crippen LogP contribution in [0.3, 0.4) is 0 Å². The first-order valence-corrected chi connectivity index (χ1v) is 13.2. The zero-order valence-corrected chi connectivity index (χ0v) is 21.5. The Morgan fingerprint density at radius 1 is 1.19 bits per heavy atom. The van der Waals surface area contributed by atoms with Gasteiger partial charge in [0.2, 0.25) is 5.91 Å². The third kappa shape index (κ3) is 4.00. The first-order chi connectivity index (χ1) is 17.4. The summed E-state index contributed by atoms with van der Waals surface area (Å²) in [5, 5.41) is 9.06. The fourth-order valence-corrected chi connectivity index (χ4v) is 6.67. The van der Waals surface area contributed by atoms with E-state index >= 15 is 0 Å². The van der Waals surface area contributed by atoms with E-state index < -0.39 is 0 Å². The molecule has 5 aromatic heterocycles. The number of likely N-dealkylation sites (tertiary alicyclic amines) is 1. The number of carbonyl (C=O) groups excluding carboxylic acids is 1. The van der Waals surface area contributed by atoms with Gasteiger partial charge in [-0.05, 0) is 48.9 Å². The summed E-state index contributed by atoms with van der Waals surface area (Å²) in [5.41, 5.74) is 13.2. The second kappa shape index (κ2) is 8.86. The predicted molar refractivity (Wildman–Crippen MR) is 142 cm³/mol. The van der Waals surface area contributed by atoms with E-state index in [-0.39, 0.29) is 5.91 Å². The highest BCUT2D eigenvalue weighted by Gasteiger charge is 2.24. The van der Waals surface area contributed by atoms with Gasteiger partial charge in [0.25, 0.3) is 0 Å². The highest BCUT2D eigenvalue weighted by Crippen LogP contribution is 2.43. The maximum absolute atomic E-state index is 11.2. The van der Waals surface area contributed by atoms with Crippen LogP contribution < -0.4 is 5.73 Å². The zero-order valence-electron chi connectivity index (χ0n) is 20.7. The van der Waals surface area contributed by atoms with Crippen molar-refractivity contribution in [1.82, 2.24) is 34.3 Å². The summed E-state index contributed by atoms with van der Waals surface area (Å²) in [6.45, 7) is 8.64. The molecule has 1 fully saturated rings. The second-order valence-electron chi connectivity index (χ2n) is 10.0. The Hall–Kier alpha value is -3.50. The quantitative estimate of drug-likeness (QED) is 0.359. The van der Waals surface area contributed by atoms with Crippen molar-refractivity contribution < 1.29 is 4.79 Å². The number of piperidine rings is 1. The Kier molecular flexibility index (Phi) is 5.65. The Labute approximate surface area is 212 Å². The molecule has 186 valence electrons. The predicted octanol–water partition coefficient (Wildman–Crippen LogP) is 4.36. The minimum Gasteiger partial charge on any atom is -0.369 e. The van der Waals surface area contributed by atoms with Crippen LogP contribution in [0, 0.1) is 6.92 Å². The normalized spacial score (nSPS) is 15.6. The molecule has 5 aromatic rings. The summed E-state index contributed by atoms with van der Waals surface area (Å²) in [5.74, 6) is 0.0986. The number of aryl methyl sites for hydroxylation is 1. The number of nitrogens with one attached hydrogen (secondary N) is 1. The van der Waals surface area contributed by atoms with Gasteiger partial charge < -0.3 is 10.7 Å². The first-order valence-electron chi connectivity index (χ1n) is 12.4. The molecular formula is C26H30N8OS. The fraction of sp³-hybridized carbons (Fsp3) is 0.385. The second-order valence-corrected chi connectivity index (χ2v) is 11.1. The number of aromatic amines is 1. The van der Waals surface area contributed by atoms with E-state index in [2.05, 4.69) is 69.9 Å². The number of hydrogen-bond donors (Lipinski definition) is 2. The van der Waals surface area contributed by atoms with Gasteiger partial charge in [0.1, 0.15) is 6.33 Å². The van der Waals surface area contributed by atoms with Gasteiger partial charge in [-0.15, -0.1) is 11.3 Å². The summed E-state index contributed by atoms with van der Waals surface area (Å²) < 4.78 is 5.23. The summed E-state index contributed by atoms with van der Waals surface area (Å²) >= 11 is 1.82. The topological polar surface area (TPSA) is 110 Å². The number of pyridine rings is 1. The molecule has 1 amide bonds. The molecule has 6 rings (SSSR count). The molecule has 0 aromatic carbocycles. The van der Waals surface area contributed by atoms with Gasteiger partial charge in [0, 0.05) is 41.5 Å². The Balaban J connectivity index is 1.30. The van der Waals surface area contributed by atoms with Gasteiger partial charge in [-0.25, -0.2) is 9.50 Å². The lowest BCUT2D eigenvalue weighted by Gasteiger charge is -2.31. The Morgan fingerprint density at radius 3 is 2.75 bits per heavy atom. The molecule has 0 bridgehead atoms. The summed E-state index contributed by atoms with van der Waals surface area (Å²) in [4.78, 5) is 22.6. The largest absolute Gasteiger partial charge is 0.369 e. The van der Waals surface area contributed by atoms with Crippen LogP contribution in [-0.4, -0.2) is 59.8 Å². The van der Waals surface area contributed by atoms with Crippen molar-refractivity contribution in [3.63, 3.8) is 0 Å². The van der Waals surface area contributed by atoms with E-state index in [1.54, 1.807) is 6.33 Å². The molecule has 0 radical (unpaired) electrons. The third-order valence-corrected chi connectivity index (χ3v) is 8.34. The summed E-state index contributed by atoms with van der Waals surface area (Å²) in [6, 6.07) is 4.78. The van der Waals surface area contributed by atoms with Gasteiger partial charge in [-0.1, -0.05) is 13.8 Å². The number of fused-ring (bicyclic) bond motifs is 2. The lowest BCUT2D eigenvalue weighted by atomic mass is 9.99. The van der Waals surface area contributed by atoms with Crippen molar-refractivity contribution in [2.24, 2.45) is 5.73 Å². The summed E-state index contributed by atoms with van der Waals surface area (Å²) in [7, 11) is 0. The molecule has 0 atom stereocenters. The van der Waals surface area contributed by atoms with Gasteiger partial charge in [0.05, 0.1) is 34.7 Å². The van der Waals surface area contributed by atoms with Crippen LogP contribution >= 0.6 is 11.3 Å². The third-order valence-electron chi connectivity index (χ3n) is 7.13. The van der Waals surface area contributed by atoms with Crippen LogP contribution in [0.15, 0.2) is 37.1 Å². The van der Waals surface area contributed by atoms with Crippen molar-refractivity contribution in [1.29, 1.82) is 0 Å². The van der Waals surface area contributed by atoms with E-state index in [1.807, 2.05) is 22.0 Å². The molecule has 0 aliphatic carbocycles. The van der Waals surface area contributed by atoms with Gasteiger partial charge >= 0.3 is 0 Å². The van der Waals surface area contributed by atoms with Crippen LogP contribution in [0.25, 0.3) is 37.6 Å². The number of nitrogens with two attached hydrogens (primary N) is 1. The molecule has 10 heteroatoms. The number of primary amides is 1. The van der Waals surface area contributed by atoms with E-state index in [9.17, 15) is 4.79 Å². The number of carbonyl (C=O) groups is 1. The molecule has 0 unspecified atom stereocenters. The molecule has 1 saturated heterocycles. The number of H-pyrrole nitrogens is 1. The maximum atomic E-state index is 11.2. The number of amides is 1. The molecule has 0 spiro atoms. The average molecular weight is 503 g/mol. The lowest BCUT2D eigenvalue weighted by Crippen LogP contribution is -2.40. The van der Waals surface area contributed by atoms with E-state index in [0.29, 0.717) is 18.5 Å². The zero-order chi connectivity index (χ0) is 25.0. The molecule has 1 aliphatic heterocycles. The van der Waals surface area contributed by atoms with Crippen LogP contribution in [0.5, 0.6) is 0 Å². The molecule has 36 heavy (non-hydrogen) atoms. The Morgan fingerprint density at radius 2 is 2.00 bits per heavy atom. The van der Waals surface area contributed by atoms with E-state index in [1.165, 1.54) is 15.1 Å². The number of rotatable bonds is 6. The van der Waals surface area contributed by atoms with E-state index in [4.69, 9.17) is 10.8 Å². The molecule has 0 saturated carbocycles. The summed E-state index contributed by atoms with van der Waals surface area (Å²) in [6.07, 6.45) is 9.72. The first kappa shape index (κ1) is 22.9. The monoisotopic (exact) mass is 502 g/mol. The number of nitrogens with zero attached hydrogens (tertiary/aromatic N) is 6. The average Bonchev–Trinajstić information content (AvgIpc) is 3.60. The van der Waals surface area contributed by atoms with Crippen molar-refractivity contribution in [2.75, 3.05) is 19.6 Å². The van der Waals surface area contributed by atoms with Crippen LogP contribution in [0.2, 0.25) is 0 Å². The molecule has 6 heterocycles. The smallest absolute Gasteiger partial charge is 0.231 e. The van der Waals surface area contributed by atoms with Crippen LogP contribution in [0.1, 0.15) is 49.8 Å². The minimum absolute atomic E-state index is 0.263. The molecule has 9 nitrogen and oxygen atoms in total. The number of aromatic nitrogens is 6. The lowest BCUT2D eigenvalue weighted by molar-refractivity contribution is -0.119. The van der Waals surface area contributed by atoms with Crippen molar-refractivity contribution in [2.45, 2.75) is 45.6 Å². The highest BCUT2D eigenvalue weighted by atomic mass is 32.1. The van der Waals surface area contributed by atoms with Gasteiger partial charge in [-0.2, -0.15) is 10.2 Å². The fourth-order valence-electron chi connectivity index (χ4n) is 5.38. The standard InChI is InChI=1S/C26H30N8OS/c1-15(2)23-24(17-8-16(3)26-28-14-30-34(26)11-17)31-20-9-21(36-25(20)23)18-10-29-33(12-18)19-4-6-32(7-5-19)13-22(27)35/h8-12,14-15,19,31H,4-7,13H2,1-3H3,(H2,27,35). The molecule has 3 N–H and O–H groups in total. The highest BCUT2D eigenvalue weighted by molar-refractivity contribution is 7.22. The van der Waals surface area contributed by atoms with Gasteiger partial charge in [-0.3, -0.25) is 14.4 Å². The Bertz CT molecular complexity index is 1560. The number of thiophene rings is 1. The van der Waals surface area contributed by atoms with E-state index in [0.717, 1.165) is 59.5 Å². The van der Waals surface area contributed by atoms with Crippen LogP contribution in [-0.2, 0) is 4.79 Å². The maximum Gasteiger partial charge on any atom is 0.231 e. The molecule has 1 aliphatic rings.